The Morgan fingerprint density at radius 1 is 1.17 bits per heavy atom. The molecule has 0 saturated carbocycles. The van der Waals surface area contributed by atoms with E-state index in [0.29, 0.717) is 30.7 Å². The lowest BCUT2D eigenvalue weighted by atomic mass is 9.85. The average molecular weight is 676 g/mol. The number of hydrogen-bond donors (Lipinski definition) is 0. The highest BCUT2D eigenvalue weighted by Gasteiger charge is 2.43. The summed E-state index contributed by atoms with van der Waals surface area (Å²) >= 11 is 0. The quantitative estimate of drug-likeness (QED) is 0.236. The molecular weight excluding hydrogens is 635 g/mol. The van der Waals surface area contributed by atoms with Gasteiger partial charge in [0, 0.05) is 26.6 Å². The van der Waals surface area contributed by atoms with E-state index in [4.69, 9.17) is 14.5 Å². The fourth-order valence-electron chi connectivity index (χ4n) is 6.83. The van der Waals surface area contributed by atoms with Crippen molar-refractivity contribution in [1.82, 2.24) is 19.4 Å². The number of halogens is 5. The lowest BCUT2D eigenvalue weighted by Gasteiger charge is -2.37. The Kier molecular flexibility index (Phi) is 9.47. The van der Waals surface area contributed by atoms with Gasteiger partial charge in [0.2, 0.25) is 0 Å². The van der Waals surface area contributed by atoms with Crippen LogP contribution in [0.15, 0.2) is 64.1 Å². The van der Waals surface area contributed by atoms with E-state index in [2.05, 4.69) is 31.2 Å². The van der Waals surface area contributed by atoms with Crippen molar-refractivity contribution in [3.05, 3.63) is 81.9 Å². The van der Waals surface area contributed by atoms with Gasteiger partial charge in [-0.1, -0.05) is 17.7 Å². The normalized spacial score (nSPS) is 23.3. The first-order valence-electron chi connectivity index (χ1n) is 16.2. The Labute approximate surface area is 276 Å². The van der Waals surface area contributed by atoms with Gasteiger partial charge in [-0.2, -0.15) is 13.2 Å². The second-order valence-corrected chi connectivity index (χ2v) is 12.7. The summed E-state index contributed by atoms with van der Waals surface area (Å²) in [5.41, 5.74) is 1.10. The topological polar surface area (TPSA) is 76.1 Å². The van der Waals surface area contributed by atoms with Gasteiger partial charge in [0.1, 0.15) is 23.9 Å². The summed E-state index contributed by atoms with van der Waals surface area (Å²) in [5.74, 6) is 2.11. The largest absolute Gasteiger partial charge is 0.437 e. The Bertz CT molecular complexity index is 1670. The van der Waals surface area contributed by atoms with E-state index in [0.717, 1.165) is 55.8 Å². The summed E-state index contributed by atoms with van der Waals surface area (Å²) in [6, 6.07) is 0.192. The van der Waals surface area contributed by atoms with Crippen molar-refractivity contribution in [1.29, 1.82) is 0 Å². The number of cyclic esters (lactones) is 1. The minimum absolute atomic E-state index is 0.0237. The van der Waals surface area contributed by atoms with E-state index < -0.39 is 42.1 Å². The predicted molar refractivity (Wildman–Crippen MR) is 166 cm³/mol. The Hall–Kier alpha value is -4.07. The van der Waals surface area contributed by atoms with Crippen LogP contribution in [0.2, 0.25) is 0 Å². The zero-order valence-corrected chi connectivity index (χ0v) is 27.4. The van der Waals surface area contributed by atoms with E-state index in [9.17, 15) is 26.7 Å². The average Bonchev–Trinajstić information content (AvgIpc) is 3.50. The van der Waals surface area contributed by atoms with Gasteiger partial charge >= 0.3 is 12.3 Å². The number of hydrogen-bond acceptors (Lipinski definition) is 6. The number of aliphatic imine (C=N–C) groups is 1. The number of amides is 1. The summed E-state index contributed by atoms with van der Waals surface area (Å²) < 4.78 is 83.7. The van der Waals surface area contributed by atoms with Gasteiger partial charge in [-0.15, -0.1) is 0 Å². The van der Waals surface area contributed by atoms with Gasteiger partial charge in [0.25, 0.3) is 12.2 Å². The molecule has 2 aromatic rings. The highest BCUT2D eigenvalue weighted by atomic mass is 19.4. The number of methoxy groups -OCH3 is 1. The molecule has 2 aromatic heterocycles. The second-order valence-electron chi connectivity index (χ2n) is 12.7. The van der Waals surface area contributed by atoms with Crippen LogP contribution in [0.1, 0.15) is 74.3 Å². The summed E-state index contributed by atoms with van der Waals surface area (Å²) in [6.07, 6.45) is 2.80. The number of aromatic nitrogens is 3. The molecule has 6 rings (SSSR count). The number of allylic oxidation sites excluding steroid dienone is 2. The number of rotatable bonds is 9. The van der Waals surface area contributed by atoms with Gasteiger partial charge in [-0.05, 0) is 55.9 Å². The number of ether oxygens (including phenoxy) is 2. The molecule has 0 bridgehead atoms. The lowest BCUT2D eigenvalue weighted by Crippen LogP contribution is -2.43. The first-order valence-corrected chi connectivity index (χ1v) is 16.2. The molecule has 0 radical (unpaired) electrons. The molecule has 4 aliphatic rings. The molecule has 2 saturated heterocycles. The lowest BCUT2D eigenvalue weighted by molar-refractivity contribution is -0.678. The molecule has 9 nitrogen and oxygen atoms in total. The fraction of sp³-hybridized carbons (Fsp3) is 0.529. The van der Waals surface area contributed by atoms with Crippen LogP contribution in [0.25, 0.3) is 0 Å². The SMILES string of the molecule is COC1CC=C(CCc2n(C)cc[n+]2C)C=C1C1=C(CN2C(=O)OC(c3cc(C(F)(F)F)cc(C(F)F)n3)C2C)N=C(N2CCC2)CC1. The number of nitrogens with zero attached hydrogens (tertiary/aromatic N) is 6. The van der Waals surface area contributed by atoms with E-state index in [1.54, 1.807) is 14.0 Å². The van der Waals surface area contributed by atoms with Crippen molar-refractivity contribution in [3.63, 3.8) is 0 Å². The van der Waals surface area contributed by atoms with Crippen LogP contribution in [-0.4, -0.2) is 70.2 Å². The Morgan fingerprint density at radius 2 is 1.94 bits per heavy atom. The zero-order chi connectivity index (χ0) is 34.3. The molecule has 3 atom stereocenters. The first kappa shape index (κ1) is 33.8. The second kappa shape index (κ2) is 13.4. The predicted octanol–water partition coefficient (Wildman–Crippen LogP) is 6.14. The van der Waals surface area contributed by atoms with Crippen molar-refractivity contribution in [2.24, 2.45) is 19.1 Å². The van der Waals surface area contributed by atoms with E-state index >= 15 is 0 Å². The maximum absolute atomic E-state index is 13.6. The molecule has 1 amide bonds. The summed E-state index contributed by atoms with van der Waals surface area (Å²) in [6.45, 7) is 3.43. The molecule has 0 aromatic carbocycles. The third kappa shape index (κ3) is 6.76. The molecule has 0 N–H and O–H groups in total. The van der Waals surface area contributed by atoms with Crippen LogP contribution in [-0.2, 0) is 36.2 Å². The minimum Gasteiger partial charge on any atom is -0.437 e. The highest BCUT2D eigenvalue weighted by molar-refractivity contribution is 5.86. The van der Waals surface area contributed by atoms with Crippen molar-refractivity contribution >= 4 is 11.9 Å². The third-order valence-corrected chi connectivity index (χ3v) is 9.73. The Balaban J connectivity index is 1.32. The van der Waals surface area contributed by atoms with Crippen LogP contribution in [0.5, 0.6) is 0 Å². The van der Waals surface area contributed by atoms with Crippen molar-refractivity contribution < 1.29 is 40.8 Å². The smallest absolute Gasteiger partial charge is 0.416 e. The summed E-state index contributed by atoms with van der Waals surface area (Å²) in [4.78, 5) is 25.7. The van der Waals surface area contributed by atoms with E-state index in [-0.39, 0.29) is 18.3 Å². The number of alkyl halides is 5. The molecule has 3 aliphatic heterocycles. The third-order valence-electron chi connectivity index (χ3n) is 9.73. The van der Waals surface area contributed by atoms with Crippen LogP contribution in [0.3, 0.4) is 0 Å². The molecule has 48 heavy (non-hydrogen) atoms. The van der Waals surface area contributed by atoms with Gasteiger partial charge in [0.05, 0.1) is 56.2 Å². The highest BCUT2D eigenvalue weighted by Crippen LogP contribution is 2.40. The molecule has 14 heteroatoms. The van der Waals surface area contributed by atoms with Crippen molar-refractivity contribution in [2.75, 3.05) is 26.7 Å². The molecule has 5 heterocycles. The number of likely N-dealkylation sites (tertiary alicyclic amines) is 1. The number of aryl methyl sites for hydroxylation is 2. The van der Waals surface area contributed by atoms with Crippen LogP contribution in [0, 0.1) is 0 Å². The van der Waals surface area contributed by atoms with Crippen molar-refractivity contribution in [2.45, 2.75) is 76.3 Å². The van der Waals surface area contributed by atoms with Crippen molar-refractivity contribution in [3.8, 4) is 0 Å². The maximum Gasteiger partial charge on any atom is 0.416 e. The first-order chi connectivity index (χ1) is 22.8. The minimum atomic E-state index is -4.88. The van der Waals surface area contributed by atoms with Gasteiger partial charge in [0.15, 0.2) is 6.10 Å². The zero-order valence-electron chi connectivity index (χ0n) is 27.4. The summed E-state index contributed by atoms with van der Waals surface area (Å²) in [7, 11) is 5.71. The number of pyridine rings is 1. The van der Waals surface area contributed by atoms with E-state index in [1.807, 2.05) is 26.5 Å². The molecule has 2 fully saturated rings. The molecule has 1 aliphatic carbocycles. The summed E-state index contributed by atoms with van der Waals surface area (Å²) in [5, 5.41) is 0. The maximum atomic E-state index is 13.6. The molecule has 3 unspecified atom stereocenters. The molecule has 258 valence electrons. The molecule has 0 spiro atoms. The number of amidine groups is 1. The number of carbonyl (C=O) groups excluding carboxylic acids is 1. The fourth-order valence-corrected chi connectivity index (χ4v) is 6.83. The van der Waals surface area contributed by atoms with Crippen LogP contribution >= 0.6 is 0 Å². The van der Waals surface area contributed by atoms with E-state index in [1.165, 1.54) is 16.3 Å². The number of imidazole rings is 1. The van der Waals surface area contributed by atoms with Crippen LogP contribution < -0.4 is 4.57 Å². The number of carbonyl (C=O) groups is 1. The van der Waals surface area contributed by atoms with Crippen LogP contribution in [0.4, 0.5) is 26.7 Å². The van der Waals surface area contributed by atoms with Gasteiger partial charge < -0.3 is 14.4 Å². The van der Waals surface area contributed by atoms with Gasteiger partial charge in [-0.3, -0.25) is 4.90 Å². The Morgan fingerprint density at radius 3 is 2.56 bits per heavy atom. The monoisotopic (exact) mass is 675 g/mol. The standard InChI is InChI=1S/C34H40F5N6O3/c1-20-31(25-17-22(34(37,38)39)18-26(40-25)32(35)36)48-33(46)45(20)19-27-23(8-10-29(41-27)44-12-5-13-44)24-16-21(6-9-28(24)47-4)7-11-30-42(2)14-15-43(30)3/h6,14-18,20,28,31-32H,5,7-13,19H2,1-4H3/q+1. The molecular formula is C34H40F5N6O3+. The van der Waals surface area contributed by atoms with Gasteiger partial charge in [-0.25, -0.2) is 32.7 Å².